The van der Waals surface area contributed by atoms with Crippen molar-refractivity contribution >= 4 is 28.7 Å². The van der Waals surface area contributed by atoms with Crippen molar-refractivity contribution in [3.8, 4) is 0 Å². The second-order valence-electron chi connectivity index (χ2n) is 5.45. The van der Waals surface area contributed by atoms with Crippen molar-refractivity contribution in [1.29, 1.82) is 0 Å². The number of piperidine rings is 1. The van der Waals surface area contributed by atoms with E-state index in [-0.39, 0.29) is 5.78 Å². The first-order valence-electron chi connectivity index (χ1n) is 6.97. The molecule has 0 N–H and O–H groups in total. The second-order valence-corrected chi connectivity index (χ2v) is 7.16. The third-order valence-electron chi connectivity index (χ3n) is 4.14. The van der Waals surface area contributed by atoms with Crippen molar-refractivity contribution in [3.05, 3.63) is 21.3 Å². The fourth-order valence-corrected chi connectivity index (χ4v) is 4.08. The number of carbonyl (C=O) groups is 1. The number of Topliss-reactive ketones (excluding diaryl/α,β-unsaturated/α-hetero) is 1. The number of hydrogen-bond acceptors (Lipinski definition) is 4. The van der Waals surface area contributed by atoms with Crippen LogP contribution in [0.25, 0.3) is 0 Å². The molecule has 2 aliphatic rings. The van der Waals surface area contributed by atoms with Gasteiger partial charge in [0.2, 0.25) is 0 Å². The summed E-state index contributed by atoms with van der Waals surface area (Å²) in [6, 6.07) is 4.31. The van der Waals surface area contributed by atoms with Crippen molar-refractivity contribution in [1.82, 2.24) is 9.80 Å². The lowest BCUT2D eigenvalue weighted by molar-refractivity contribution is 0.0470. The maximum Gasteiger partial charge on any atom is 0.186 e. The van der Waals surface area contributed by atoms with Crippen LogP contribution in [-0.2, 0) is 0 Å². The Morgan fingerprint density at radius 1 is 1.32 bits per heavy atom. The molecular formula is C14H19ClN2OS. The van der Waals surface area contributed by atoms with Crippen molar-refractivity contribution in [2.75, 3.05) is 32.7 Å². The fraction of sp³-hybridized carbons (Fsp3) is 0.643. The molecule has 0 bridgehead atoms. The van der Waals surface area contributed by atoms with Gasteiger partial charge in [-0.05, 0) is 31.5 Å². The van der Waals surface area contributed by atoms with E-state index < -0.39 is 0 Å². The predicted molar refractivity (Wildman–Crippen MR) is 79.3 cm³/mol. The summed E-state index contributed by atoms with van der Waals surface area (Å²) < 4.78 is 0.695. The Morgan fingerprint density at radius 2 is 2.21 bits per heavy atom. The van der Waals surface area contributed by atoms with E-state index in [4.69, 9.17) is 11.6 Å². The lowest BCUT2D eigenvalue weighted by atomic mass is 9.99. The zero-order chi connectivity index (χ0) is 13.2. The minimum atomic E-state index is 0.209. The highest BCUT2D eigenvalue weighted by molar-refractivity contribution is 7.18. The van der Waals surface area contributed by atoms with Crippen molar-refractivity contribution in [2.45, 2.75) is 25.3 Å². The summed E-state index contributed by atoms with van der Waals surface area (Å²) in [6.07, 6.45) is 3.96. The molecule has 0 aromatic carbocycles. The number of hydrogen-bond donors (Lipinski definition) is 0. The third-order valence-corrected chi connectivity index (χ3v) is 5.41. The predicted octanol–water partition coefficient (Wildman–Crippen LogP) is 2.75. The first-order chi connectivity index (χ1) is 9.22. The molecule has 3 nitrogen and oxygen atoms in total. The fourth-order valence-electron chi connectivity index (χ4n) is 3.11. The standard InChI is InChI=1S/C14H19ClN2OS/c15-14-5-4-13(19-14)12(18)10-16-7-8-17-6-2-1-3-11(17)9-16/h4-5,11H,1-3,6-10H2. The monoisotopic (exact) mass is 298 g/mol. The van der Waals surface area contributed by atoms with Gasteiger partial charge < -0.3 is 0 Å². The molecule has 0 aliphatic carbocycles. The van der Waals surface area contributed by atoms with Crippen molar-refractivity contribution < 1.29 is 4.79 Å². The summed E-state index contributed by atoms with van der Waals surface area (Å²) in [7, 11) is 0. The molecule has 2 aliphatic heterocycles. The molecule has 19 heavy (non-hydrogen) atoms. The van der Waals surface area contributed by atoms with Gasteiger partial charge >= 0.3 is 0 Å². The number of ketones is 1. The molecule has 5 heteroatoms. The van der Waals surface area contributed by atoms with Crippen LogP contribution in [0, 0.1) is 0 Å². The summed E-state index contributed by atoms with van der Waals surface area (Å²) in [4.78, 5) is 17.9. The minimum absolute atomic E-state index is 0.209. The van der Waals surface area contributed by atoms with E-state index >= 15 is 0 Å². The van der Waals surface area contributed by atoms with Gasteiger partial charge in [-0.1, -0.05) is 18.0 Å². The molecule has 2 fully saturated rings. The van der Waals surface area contributed by atoms with Gasteiger partial charge in [-0.15, -0.1) is 11.3 Å². The first kappa shape index (κ1) is 13.6. The third kappa shape index (κ3) is 3.19. The van der Waals surface area contributed by atoms with E-state index in [0.717, 1.165) is 24.5 Å². The number of halogens is 1. The van der Waals surface area contributed by atoms with E-state index in [9.17, 15) is 4.79 Å². The zero-order valence-corrected chi connectivity index (χ0v) is 12.6. The summed E-state index contributed by atoms with van der Waals surface area (Å²) in [6.45, 7) is 4.96. The molecule has 0 radical (unpaired) electrons. The van der Waals surface area contributed by atoms with Gasteiger partial charge in [0.05, 0.1) is 15.8 Å². The number of piperazine rings is 1. The van der Waals surface area contributed by atoms with Crippen LogP contribution in [-0.4, -0.2) is 54.3 Å². The molecule has 2 saturated heterocycles. The van der Waals surface area contributed by atoms with Crippen molar-refractivity contribution in [3.63, 3.8) is 0 Å². The van der Waals surface area contributed by atoms with Crippen LogP contribution in [0.1, 0.15) is 28.9 Å². The van der Waals surface area contributed by atoms with E-state index in [1.165, 1.54) is 37.1 Å². The average Bonchev–Trinajstić information content (AvgIpc) is 2.85. The lowest BCUT2D eigenvalue weighted by Crippen LogP contribution is -2.55. The molecule has 3 rings (SSSR count). The van der Waals surface area contributed by atoms with Crippen LogP contribution < -0.4 is 0 Å². The summed E-state index contributed by atoms with van der Waals surface area (Å²) in [5, 5.41) is 0. The molecule has 3 heterocycles. The quantitative estimate of drug-likeness (QED) is 0.802. The van der Waals surface area contributed by atoms with Crippen LogP contribution in [0.4, 0.5) is 0 Å². The smallest absolute Gasteiger partial charge is 0.186 e. The van der Waals surface area contributed by atoms with Gasteiger partial charge in [0.1, 0.15) is 0 Å². The van der Waals surface area contributed by atoms with Crippen LogP contribution in [0.15, 0.2) is 12.1 Å². The Hall–Kier alpha value is -0.420. The topological polar surface area (TPSA) is 23.6 Å². The van der Waals surface area contributed by atoms with Crippen LogP contribution in [0.2, 0.25) is 4.34 Å². The van der Waals surface area contributed by atoms with Gasteiger partial charge in [0.15, 0.2) is 5.78 Å². The van der Waals surface area contributed by atoms with E-state index in [1.807, 2.05) is 6.07 Å². The van der Waals surface area contributed by atoms with Crippen molar-refractivity contribution in [2.24, 2.45) is 0 Å². The lowest BCUT2D eigenvalue weighted by Gasteiger charge is -2.43. The molecule has 104 valence electrons. The van der Waals surface area contributed by atoms with Gasteiger partial charge in [0.25, 0.3) is 0 Å². The Kier molecular flexibility index (Phi) is 4.22. The maximum absolute atomic E-state index is 12.2. The van der Waals surface area contributed by atoms with E-state index in [1.54, 1.807) is 6.07 Å². The number of fused-ring (bicyclic) bond motifs is 1. The van der Waals surface area contributed by atoms with Gasteiger partial charge in [-0.3, -0.25) is 14.6 Å². The maximum atomic E-state index is 12.2. The van der Waals surface area contributed by atoms with Gasteiger partial charge in [0, 0.05) is 25.7 Å². The number of rotatable bonds is 3. The Labute approximate surface area is 123 Å². The molecule has 1 unspecified atom stereocenters. The molecule has 1 aromatic rings. The highest BCUT2D eigenvalue weighted by Gasteiger charge is 2.29. The highest BCUT2D eigenvalue weighted by Crippen LogP contribution is 2.24. The average molecular weight is 299 g/mol. The largest absolute Gasteiger partial charge is 0.298 e. The number of thiophene rings is 1. The first-order valence-corrected chi connectivity index (χ1v) is 8.17. The molecular weight excluding hydrogens is 280 g/mol. The SMILES string of the molecule is O=C(CN1CCN2CCCCC2C1)c1ccc(Cl)s1. The zero-order valence-electron chi connectivity index (χ0n) is 11.0. The van der Waals surface area contributed by atoms with Crippen LogP contribution in [0.3, 0.4) is 0 Å². The Balaban J connectivity index is 1.57. The van der Waals surface area contributed by atoms with Crippen LogP contribution in [0.5, 0.6) is 0 Å². The second kappa shape index (κ2) is 5.92. The summed E-state index contributed by atoms with van der Waals surface area (Å²) in [5.74, 6) is 0.209. The normalized spacial score (nSPS) is 25.2. The van der Waals surface area contributed by atoms with Gasteiger partial charge in [-0.2, -0.15) is 0 Å². The van der Waals surface area contributed by atoms with E-state index in [2.05, 4.69) is 9.80 Å². The van der Waals surface area contributed by atoms with Crippen LogP contribution >= 0.6 is 22.9 Å². The summed E-state index contributed by atoms with van der Waals surface area (Å²) in [5.41, 5.74) is 0. The Bertz CT molecular complexity index is 462. The Morgan fingerprint density at radius 3 is 3.00 bits per heavy atom. The minimum Gasteiger partial charge on any atom is -0.298 e. The molecule has 0 amide bonds. The molecule has 0 saturated carbocycles. The molecule has 1 atom stereocenters. The van der Waals surface area contributed by atoms with Gasteiger partial charge in [-0.25, -0.2) is 0 Å². The highest BCUT2D eigenvalue weighted by atomic mass is 35.5. The summed E-state index contributed by atoms with van der Waals surface area (Å²) >= 11 is 7.27. The number of carbonyl (C=O) groups excluding carboxylic acids is 1. The molecule has 1 aromatic heterocycles. The molecule has 0 spiro atoms. The number of nitrogens with zero attached hydrogens (tertiary/aromatic N) is 2. The van der Waals surface area contributed by atoms with E-state index in [0.29, 0.717) is 16.9 Å².